The van der Waals surface area contributed by atoms with Crippen molar-refractivity contribution in [3.05, 3.63) is 17.0 Å². The van der Waals surface area contributed by atoms with Gasteiger partial charge in [-0.2, -0.15) is 5.10 Å². The van der Waals surface area contributed by atoms with Crippen LogP contribution in [-0.4, -0.2) is 39.7 Å². The summed E-state index contributed by atoms with van der Waals surface area (Å²) < 4.78 is 7.40. The SMILES string of the molecule is CCOC(=O)C1CCC(CC(=O)N2CCc3c(C)nn(CC4CCCCC4)c3C2)CC1. The molecule has 0 atom stereocenters. The molecule has 6 heteroatoms. The van der Waals surface area contributed by atoms with Crippen molar-refractivity contribution in [2.45, 2.75) is 97.6 Å². The first kappa shape index (κ1) is 22.3. The van der Waals surface area contributed by atoms with Crippen LogP contribution < -0.4 is 0 Å². The molecule has 6 nitrogen and oxygen atoms in total. The minimum absolute atomic E-state index is 0.0287. The van der Waals surface area contributed by atoms with E-state index in [0.29, 0.717) is 25.5 Å². The van der Waals surface area contributed by atoms with Crippen LogP contribution in [0.4, 0.5) is 0 Å². The molecule has 0 saturated heterocycles. The summed E-state index contributed by atoms with van der Waals surface area (Å²) in [6, 6.07) is 0. The van der Waals surface area contributed by atoms with Gasteiger partial charge in [0.15, 0.2) is 0 Å². The smallest absolute Gasteiger partial charge is 0.308 e. The number of aromatic nitrogens is 2. The van der Waals surface area contributed by atoms with Gasteiger partial charge in [0, 0.05) is 19.5 Å². The molecule has 1 amide bonds. The predicted molar refractivity (Wildman–Crippen MR) is 119 cm³/mol. The van der Waals surface area contributed by atoms with E-state index >= 15 is 0 Å². The van der Waals surface area contributed by atoms with Crippen molar-refractivity contribution in [1.82, 2.24) is 14.7 Å². The summed E-state index contributed by atoms with van der Waals surface area (Å²) in [6.07, 6.45) is 11.8. The number of fused-ring (bicyclic) bond motifs is 1. The molecule has 0 radical (unpaired) electrons. The maximum atomic E-state index is 13.1. The minimum Gasteiger partial charge on any atom is -0.466 e. The van der Waals surface area contributed by atoms with Gasteiger partial charge in [-0.1, -0.05) is 19.3 Å². The predicted octanol–water partition coefficient (Wildman–Crippen LogP) is 4.42. The van der Waals surface area contributed by atoms with Crippen molar-refractivity contribution in [2.24, 2.45) is 17.8 Å². The molecule has 0 N–H and O–H groups in total. The van der Waals surface area contributed by atoms with Crippen LogP contribution in [-0.2, 0) is 33.8 Å². The molecule has 0 aromatic carbocycles. The van der Waals surface area contributed by atoms with Crippen LogP contribution >= 0.6 is 0 Å². The second kappa shape index (κ2) is 10.2. The topological polar surface area (TPSA) is 64.4 Å². The van der Waals surface area contributed by atoms with Gasteiger partial charge in [0.1, 0.15) is 0 Å². The highest BCUT2D eigenvalue weighted by atomic mass is 16.5. The van der Waals surface area contributed by atoms with Gasteiger partial charge in [-0.05, 0) is 76.2 Å². The number of carbonyl (C=O) groups is 2. The fraction of sp³-hybridized carbons (Fsp3) is 0.800. The van der Waals surface area contributed by atoms with Crippen molar-refractivity contribution < 1.29 is 14.3 Å². The fourth-order valence-electron chi connectivity index (χ4n) is 5.89. The average molecular weight is 430 g/mol. The molecule has 2 aliphatic carbocycles. The van der Waals surface area contributed by atoms with E-state index in [9.17, 15) is 9.59 Å². The molecule has 2 fully saturated rings. The third-order valence-corrected chi connectivity index (χ3v) is 7.78. The molecule has 0 bridgehead atoms. The summed E-state index contributed by atoms with van der Waals surface area (Å²) in [6.45, 7) is 6.95. The Labute approximate surface area is 186 Å². The Morgan fingerprint density at radius 1 is 1.03 bits per heavy atom. The fourth-order valence-corrected chi connectivity index (χ4v) is 5.89. The van der Waals surface area contributed by atoms with Crippen LogP contribution in [0.3, 0.4) is 0 Å². The average Bonchev–Trinajstić information content (AvgIpc) is 3.09. The number of ether oxygens (including phenoxy) is 1. The van der Waals surface area contributed by atoms with E-state index in [0.717, 1.165) is 56.8 Å². The van der Waals surface area contributed by atoms with Gasteiger partial charge in [0.25, 0.3) is 0 Å². The van der Waals surface area contributed by atoms with Crippen molar-refractivity contribution in [2.75, 3.05) is 13.2 Å². The third kappa shape index (κ3) is 5.32. The molecular weight excluding hydrogens is 390 g/mol. The lowest BCUT2D eigenvalue weighted by molar-refractivity contribution is -0.149. The van der Waals surface area contributed by atoms with Gasteiger partial charge in [0.2, 0.25) is 5.91 Å². The Morgan fingerprint density at radius 3 is 2.48 bits per heavy atom. The largest absolute Gasteiger partial charge is 0.466 e. The number of esters is 1. The molecule has 1 aliphatic heterocycles. The second-order valence-corrected chi connectivity index (χ2v) is 9.94. The molecule has 0 spiro atoms. The number of aryl methyl sites for hydroxylation is 1. The van der Waals surface area contributed by atoms with Crippen LogP contribution in [0, 0.1) is 24.7 Å². The number of nitrogens with zero attached hydrogens (tertiary/aromatic N) is 3. The van der Waals surface area contributed by atoms with Crippen LogP contribution in [0.15, 0.2) is 0 Å². The zero-order chi connectivity index (χ0) is 21.8. The molecule has 31 heavy (non-hydrogen) atoms. The van der Waals surface area contributed by atoms with Gasteiger partial charge in [-0.25, -0.2) is 0 Å². The van der Waals surface area contributed by atoms with Crippen molar-refractivity contribution in [3.63, 3.8) is 0 Å². The summed E-state index contributed by atoms with van der Waals surface area (Å²) in [5.74, 6) is 1.37. The maximum absolute atomic E-state index is 13.1. The highest BCUT2D eigenvalue weighted by molar-refractivity contribution is 5.77. The van der Waals surface area contributed by atoms with Gasteiger partial charge >= 0.3 is 5.97 Å². The summed E-state index contributed by atoms with van der Waals surface area (Å²) in [4.78, 5) is 27.1. The van der Waals surface area contributed by atoms with Crippen molar-refractivity contribution in [3.8, 4) is 0 Å². The molecule has 172 valence electrons. The Bertz CT molecular complexity index is 773. The molecule has 1 aromatic heterocycles. The summed E-state index contributed by atoms with van der Waals surface area (Å²) in [7, 11) is 0. The lowest BCUT2D eigenvalue weighted by atomic mass is 9.80. The zero-order valence-corrected chi connectivity index (χ0v) is 19.4. The van der Waals surface area contributed by atoms with Gasteiger partial charge in [-0.15, -0.1) is 0 Å². The highest BCUT2D eigenvalue weighted by Crippen LogP contribution is 2.33. The molecule has 2 heterocycles. The van der Waals surface area contributed by atoms with E-state index in [4.69, 9.17) is 9.84 Å². The Kier molecular flexibility index (Phi) is 7.34. The van der Waals surface area contributed by atoms with E-state index in [1.807, 2.05) is 6.92 Å². The van der Waals surface area contributed by atoms with E-state index in [-0.39, 0.29) is 17.8 Å². The summed E-state index contributed by atoms with van der Waals surface area (Å²) in [5.41, 5.74) is 3.79. The Balaban J connectivity index is 1.32. The van der Waals surface area contributed by atoms with Gasteiger partial charge in [0.05, 0.1) is 30.5 Å². The summed E-state index contributed by atoms with van der Waals surface area (Å²) >= 11 is 0. The minimum atomic E-state index is -0.0579. The highest BCUT2D eigenvalue weighted by Gasteiger charge is 2.31. The summed E-state index contributed by atoms with van der Waals surface area (Å²) in [5, 5.41) is 4.87. The van der Waals surface area contributed by atoms with Crippen molar-refractivity contribution in [1.29, 1.82) is 0 Å². The quantitative estimate of drug-likeness (QED) is 0.628. The number of rotatable bonds is 6. The van der Waals surface area contributed by atoms with Crippen LogP contribution in [0.2, 0.25) is 0 Å². The monoisotopic (exact) mass is 429 g/mol. The van der Waals surface area contributed by atoms with E-state index in [1.54, 1.807) is 0 Å². The first-order valence-electron chi connectivity index (χ1n) is 12.5. The van der Waals surface area contributed by atoms with E-state index in [2.05, 4.69) is 16.5 Å². The Morgan fingerprint density at radius 2 is 1.77 bits per heavy atom. The van der Waals surface area contributed by atoms with E-state index in [1.165, 1.54) is 43.4 Å². The standard InChI is InChI=1S/C25H39N3O3/c1-3-31-25(30)21-11-9-19(10-12-21)15-24(29)27-14-13-22-18(2)26-28(23(22)17-27)16-20-7-5-4-6-8-20/h19-21H,3-17H2,1-2H3. The molecule has 4 rings (SSSR count). The normalized spacial score (nSPS) is 24.6. The molecular formula is C25H39N3O3. The van der Waals surface area contributed by atoms with Crippen molar-refractivity contribution >= 4 is 11.9 Å². The molecule has 2 saturated carbocycles. The van der Waals surface area contributed by atoms with Gasteiger partial charge < -0.3 is 9.64 Å². The third-order valence-electron chi connectivity index (χ3n) is 7.78. The number of carbonyl (C=O) groups excluding carboxylic acids is 2. The Hall–Kier alpha value is -1.85. The lowest BCUT2D eigenvalue weighted by Gasteiger charge is -2.32. The maximum Gasteiger partial charge on any atom is 0.308 e. The van der Waals surface area contributed by atoms with Crippen LogP contribution in [0.5, 0.6) is 0 Å². The first-order valence-corrected chi connectivity index (χ1v) is 12.5. The lowest BCUT2D eigenvalue weighted by Crippen LogP contribution is -2.38. The van der Waals surface area contributed by atoms with E-state index < -0.39 is 0 Å². The number of amides is 1. The molecule has 1 aromatic rings. The first-order chi connectivity index (χ1) is 15.0. The zero-order valence-electron chi connectivity index (χ0n) is 19.4. The molecule has 0 unspecified atom stereocenters. The van der Waals surface area contributed by atoms with Gasteiger partial charge in [-0.3, -0.25) is 14.3 Å². The van der Waals surface area contributed by atoms with Crippen LogP contribution in [0.1, 0.15) is 88.1 Å². The second-order valence-electron chi connectivity index (χ2n) is 9.94. The molecule has 3 aliphatic rings. The number of hydrogen-bond acceptors (Lipinski definition) is 4. The number of hydrogen-bond donors (Lipinski definition) is 0. The van der Waals surface area contributed by atoms with Crippen LogP contribution in [0.25, 0.3) is 0 Å².